The summed E-state index contributed by atoms with van der Waals surface area (Å²) in [6.07, 6.45) is 2.70. The molecule has 0 aliphatic heterocycles. The van der Waals surface area contributed by atoms with Crippen molar-refractivity contribution in [3.63, 3.8) is 0 Å². The second-order valence-corrected chi connectivity index (χ2v) is 6.86. The third-order valence-corrected chi connectivity index (χ3v) is 5.02. The quantitative estimate of drug-likeness (QED) is 0.755. The van der Waals surface area contributed by atoms with Crippen molar-refractivity contribution in [3.8, 4) is 0 Å². The molecule has 3 nitrogen and oxygen atoms in total. The van der Waals surface area contributed by atoms with Crippen LogP contribution in [0.2, 0.25) is 0 Å². The Hall–Kier alpha value is -1.06. The molecular formula is C18H30N2O. The fourth-order valence-electron chi connectivity index (χ4n) is 3.18. The van der Waals surface area contributed by atoms with Gasteiger partial charge < -0.3 is 15.8 Å². The summed E-state index contributed by atoms with van der Waals surface area (Å²) in [4.78, 5) is 0. The number of hydrogen-bond donors (Lipinski definition) is 2. The Morgan fingerprint density at radius 1 is 1.33 bits per heavy atom. The number of nitrogens with one attached hydrogen (secondary N) is 1. The topological polar surface area (TPSA) is 47.3 Å². The van der Waals surface area contributed by atoms with E-state index in [0.29, 0.717) is 18.1 Å². The smallest absolute Gasteiger partial charge is 0.0655 e. The Kier molecular flexibility index (Phi) is 5.28. The van der Waals surface area contributed by atoms with Crippen molar-refractivity contribution in [2.75, 3.05) is 18.9 Å². The third-order valence-electron chi connectivity index (χ3n) is 5.02. The largest absolute Gasteiger partial charge is 0.399 e. The molecule has 3 heteroatoms. The first-order valence-corrected chi connectivity index (χ1v) is 8.15. The molecule has 3 N–H and O–H groups in total. The lowest BCUT2D eigenvalue weighted by Gasteiger charge is -2.52. The van der Waals surface area contributed by atoms with Gasteiger partial charge in [0.25, 0.3) is 0 Å². The molecule has 1 fully saturated rings. The molecule has 0 aromatic heterocycles. The lowest BCUT2D eigenvalue weighted by molar-refractivity contribution is -0.114. The molecule has 0 bridgehead atoms. The van der Waals surface area contributed by atoms with Crippen LogP contribution in [0.5, 0.6) is 0 Å². The Balaban J connectivity index is 1.74. The van der Waals surface area contributed by atoms with Crippen LogP contribution in [0.25, 0.3) is 0 Å². The van der Waals surface area contributed by atoms with E-state index in [0.717, 1.165) is 31.7 Å². The lowest BCUT2D eigenvalue weighted by atomic mass is 9.64. The SMILES string of the molecule is CCOC1CC(NCCC(C)c2ccc(N)cc2)C1(C)C. The summed E-state index contributed by atoms with van der Waals surface area (Å²) in [7, 11) is 0. The summed E-state index contributed by atoms with van der Waals surface area (Å²) in [5.41, 5.74) is 8.19. The molecule has 0 saturated heterocycles. The highest BCUT2D eigenvalue weighted by Gasteiger charge is 2.48. The van der Waals surface area contributed by atoms with Crippen LogP contribution in [0, 0.1) is 5.41 Å². The van der Waals surface area contributed by atoms with Gasteiger partial charge in [-0.25, -0.2) is 0 Å². The van der Waals surface area contributed by atoms with Crippen LogP contribution in [0.4, 0.5) is 5.69 Å². The normalized spacial score (nSPS) is 25.3. The molecule has 1 aromatic carbocycles. The predicted molar refractivity (Wildman–Crippen MR) is 89.5 cm³/mol. The standard InChI is InChI=1S/C18H30N2O/c1-5-21-17-12-16(18(17,3)4)20-11-10-13(2)14-6-8-15(19)9-7-14/h6-9,13,16-17,20H,5,10-12,19H2,1-4H3. The number of rotatable bonds is 7. The van der Waals surface area contributed by atoms with E-state index in [1.54, 1.807) is 0 Å². The van der Waals surface area contributed by atoms with Crippen molar-refractivity contribution in [1.82, 2.24) is 5.32 Å². The fourth-order valence-corrected chi connectivity index (χ4v) is 3.18. The molecule has 118 valence electrons. The Morgan fingerprint density at radius 3 is 2.57 bits per heavy atom. The van der Waals surface area contributed by atoms with Gasteiger partial charge in [0.15, 0.2) is 0 Å². The number of benzene rings is 1. The summed E-state index contributed by atoms with van der Waals surface area (Å²) in [5.74, 6) is 0.559. The van der Waals surface area contributed by atoms with Crippen LogP contribution >= 0.6 is 0 Å². The minimum absolute atomic E-state index is 0.250. The molecule has 21 heavy (non-hydrogen) atoms. The van der Waals surface area contributed by atoms with Gasteiger partial charge in [-0.3, -0.25) is 0 Å². The van der Waals surface area contributed by atoms with E-state index in [-0.39, 0.29) is 5.41 Å². The fraction of sp³-hybridized carbons (Fsp3) is 0.667. The van der Waals surface area contributed by atoms with E-state index in [4.69, 9.17) is 10.5 Å². The van der Waals surface area contributed by atoms with Gasteiger partial charge in [-0.2, -0.15) is 0 Å². The van der Waals surface area contributed by atoms with Crippen molar-refractivity contribution in [1.29, 1.82) is 0 Å². The van der Waals surface area contributed by atoms with Crippen molar-refractivity contribution in [2.24, 2.45) is 5.41 Å². The third kappa shape index (κ3) is 3.78. The number of anilines is 1. The molecule has 3 unspecified atom stereocenters. The van der Waals surface area contributed by atoms with Gasteiger partial charge in [0.1, 0.15) is 0 Å². The van der Waals surface area contributed by atoms with Crippen molar-refractivity contribution in [3.05, 3.63) is 29.8 Å². The lowest BCUT2D eigenvalue weighted by Crippen LogP contribution is -2.61. The summed E-state index contributed by atoms with van der Waals surface area (Å²) >= 11 is 0. The molecular weight excluding hydrogens is 260 g/mol. The van der Waals surface area contributed by atoms with Gasteiger partial charge in [-0.15, -0.1) is 0 Å². The minimum atomic E-state index is 0.250. The first-order valence-electron chi connectivity index (χ1n) is 8.15. The van der Waals surface area contributed by atoms with Crippen molar-refractivity contribution < 1.29 is 4.74 Å². The van der Waals surface area contributed by atoms with Crippen LogP contribution in [-0.2, 0) is 4.74 Å². The highest BCUT2D eigenvalue weighted by molar-refractivity contribution is 5.40. The zero-order valence-electron chi connectivity index (χ0n) is 13.9. The van der Waals surface area contributed by atoms with Crippen LogP contribution in [0.1, 0.15) is 52.0 Å². The zero-order valence-corrected chi connectivity index (χ0v) is 13.9. The van der Waals surface area contributed by atoms with Gasteiger partial charge in [0.2, 0.25) is 0 Å². The molecule has 3 atom stereocenters. The van der Waals surface area contributed by atoms with Crippen LogP contribution in [-0.4, -0.2) is 25.3 Å². The minimum Gasteiger partial charge on any atom is -0.399 e. The second kappa shape index (κ2) is 6.80. The van der Waals surface area contributed by atoms with Crippen molar-refractivity contribution >= 4 is 5.69 Å². The average Bonchev–Trinajstić information content (AvgIpc) is 2.46. The molecule has 0 spiro atoms. The van der Waals surface area contributed by atoms with Crippen LogP contribution in [0.3, 0.4) is 0 Å². The highest BCUT2D eigenvalue weighted by Crippen LogP contribution is 2.42. The van der Waals surface area contributed by atoms with E-state index in [9.17, 15) is 0 Å². The van der Waals surface area contributed by atoms with Crippen LogP contribution < -0.4 is 11.1 Å². The van der Waals surface area contributed by atoms with Gasteiger partial charge in [0.05, 0.1) is 6.10 Å². The molecule has 1 aliphatic rings. The Morgan fingerprint density at radius 2 is 2.00 bits per heavy atom. The predicted octanol–water partition coefficient (Wildman–Crippen LogP) is 3.56. The summed E-state index contributed by atoms with van der Waals surface area (Å²) in [6, 6.07) is 8.83. The molecule has 1 aliphatic carbocycles. The maximum Gasteiger partial charge on any atom is 0.0655 e. The van der Waals surface area contributed by atoms with E-state index in [1.807, 2.05) is 12.1 Å². The monoisotopic (exact) mass is 290 g/mol. The van der Waals surface area contributed by atoms with Gasteiger partial charge in [0, 0.05) is 23.8 Å². The molecule has 0 amide bonds. The first kappa shape index (κ1) is 16.3. The molecule has 2 rings (SSSR count). The maximum atomic E-state index is 5.78. The Labute approximate surface area is 129 Å². The van der Waals surface area contributed by atoms with Gasteiger partial charge in [-0.1, -0.05) is 32.9 Å². The maximum absolute atomic E-state index is 5.78. The van der Waals surface area contributed by atoms with E-state index >= 15 is 0 Å². The second-order valence-electron chi connectivity index (χ2n) is 6.86. The average molecular weight is 290 g/mol. The first-order chi connectivity index (χ1) is 9.95. The summed E-state index contributed by atoms with van der Waals surface area (Å²) < 4.78 is 5.78. The summed E-state index contributed by atoms with van der Waals surface area (Å²) in [5, 5.41) is 3.71. The number of nitrogens with two attached hydrogens (primary N) is 1. The molecule has 1 aromatic rings. The van der Waals surface area contributed by atoms with E-state index in [1.165, 1.54) is 5.56 Å². The van der Waals surface area contributed by atoms with Crippen molar-refractivity contribution in [2.45, 2.75) is 58.6 Å². The van der Waals surface area contributed by atoms with Gasteiger partial charge >= 0.3 is 0 Å². The molecule has 1 saturated carbocycles. The van der Waals surface area contributed by atoms with Gasteiger partial charge in [-0.05, 0) is 49.9 Å². The van der Waals surface area contributed by atoms with E-state index < -0.39 is 0 Å². The van der Waals surface area contributed by atoms with Crippen LogP contribution in [0.15, 0.2) is 24.3 Å². The molecule has 0 radical (unpaired) electrons. The zero-order chi connectivity index (χ0) is 15.5. The van der Waals surface area contributed by atoms with E-state index in [2.05, 4.69) is 45.1 Å². The Bertz CT molecular complexity index is 441. The summed E-state index contributed by atoms with van der Waals surface area (Å²) in [6.45, 7) is 10.8. The highest BCUT2D eigenvalue weighted by atomic mass is 16.5. The number of nitrogen functional groups attached to an aromatic ring is 1. The molecule has 0 heterocycles. The number of hydrogen-bond acceptors (Lipinski definition) is 3. The number of ether oxygens (including phenoxy) is 1.